The lowest BCUT2D eigenvalue weighted by atomic mass is 10.2. The third-order valence-electron chi connectivity index (χ3n) is 3.53. The molecule has 0 bridgehead atoms. The molecule has 2 aromatic carbocycles. The van der Waals surface area contributed by atoms with E-state index in [0.717, 1.165) is 10.5 Å². The smallest absolute Gasteiger partial charge is 0.291 e. The number of hydrogen-bond donors (Lipinski definition) is 1. The van der Waals surface area contributed by atoms with Crippen molar-refractivity contribution in [2.75, 3.05) is 11.9 Å². The summed E-state index contributed by atoms with van der Waals surface area (Å²) < 4.78 is 11.0. The predicted octanol–water partition coefficient (Wildman–Crippen LogP) is 5.22. The van der Waals surface area contributed by atoms with Crippen molar-refractivity contribution in [1.82, 2.24) is 0 Å². The summed E-state index contributed by atoms with van der Waals surface area (Å²) in [7, 11) is 0. The maximum Gasteiger partial charge on any atom is 0.291 e. The van der Waals surface area contributed by atoms with Gasteiger partial charge in [-0.15, -0.1) is 11.8 Å². The van der Waals surface area contributed by atoms with Crippen LogP contribution in [-0.4, -0.2) is 12.5 Å². The Morgan fingerprint density at radius 1 is 1.08 bits per heavy atom. The normalized spacial score (nSPS) is 10.4. The third kappa shape index (κ3) is 4.45. The molecule has 0 aliphatic rings. The Kier molecular flexibility index (Phi) is 5.80. The maximum atomic E-state index is 12.6. The van der Waals surface area contributed by atoms with Gasteiger partial charge in [0.15, 0.2) is 5.76 Å². The van der Waals surface area contributed by atoms with Crippen molar-refractivity contribution in [3.05, 3.63) is 78.3 Å². The van der Waals surface area contributed by atoms with E-state index in [0.29, 0.717) is 29.6 Å². The van der Waals surface area contributed by atoms with Gasteiger partial charge in [-0.1, -0.05) is 30.3 Å². The number of carbonyl (C=O) groups excluding carboxylic acids is 1. The number of furan rings is 1. The van der Waals surface area contributed by atoms with Gasteiger partial charge in [0.05, 0.1) is 18.6 Å². The zero-order valence-corrected chi connectivity index (χ0v) is 14.7. The van der Waals surface area contributed by atoms with Crippen LogP contribution in [0.3, 0.4) is 0 Å². The number of benzene rings is 2. The van der Waals surface area contributed by atoms with E-state index in [1.54, 1.807) is 18.0 Å². The summed E-state index contributed by atoms with van der Waals surface area (Å²) in [5.74, 6) is 1.36. The first-order chi connectivity index (χ1) is 12.3. The third-order valence-corrected chi connectivity index (χ3v) is 4.59. The fourth-order valence-electron chi connectivity index (χ4n) is 2.36. The number of nitrogens with one attached hydrogen (secondary N) is 1. The largest absolute Gasteiger partial charge is 0.492 e. The van der Waals surface area contributed by atoms with Crippen LogP contribution in [0.5, 0.6) is 5.75 Å². The van der Waals surface area contributed by atoms with Crippen molar-refractivity contribution in [3.63, 3.8) is 0 Å². The minimum absolute atomic E-state index is 0.277. The first-order valence-corrected chi connectivity index (χ1v) is 9.04. The average Bonchev–Trinajstić information content (AvgIpc) is 3.11. The quantitative estimate of drug-likeness (QED) is 0.592. The van der Waals surface area contributed by atoms with E-state index in [9.17, 15) is 4.79 Å². The number of carbonyl (C=O) groups is 1. The lowest BCUT2D eigenvalue weighted by molar-refractivity contribution is 0.0995. The number of amides is 1. The molecule has 0 spiro atoms. The molecule has 0 unspecified atom stereocenters. The summed E-state index contributed by atoms with van der Waals surface area (Å²) in [6.45, 7) is 2.44. The van der Waals surface area contributed by atoms with Gasteiger partial charge in [0.1, 0.15) is 5.75 Å². The molecule has 1 N–H and O–H groups in total. The maximum absolute atomic E-state index is 12.6. The van der Waals surface area contributed by atoms with Crippen LogP contribution in [0.2, 0.25) is 0 Å². The van der Waals surface area contributed by atoms with Crippen molar-refractivity contribution in [2.24, 2.45) is 0 Å². The standard InChI is InChI=1S/C20H19NO3S/c1-2-23-18-11-7-6-10-17(18)21-20(22)19-15(12-13-24-19)14-25-16-8-4-3-5-9-16/h3-13H,2,14H2,1H3,(H,21,22). The van der Waals surface area contributed by atoms with Crippen LogP contribution in [0, 0.1) is 0 Å². The highest BCUT2D eigenvalue weighted by Gasteiger charge is 2.17. The van der Waals surface area contributed by atoms with Crippen molar-refractivity contribution in [2.45, 2.75) is 17.6 Å². The molecule has 3 rings (SSSR count). The fraction of sp³-hybridized carbons (Fsp3) is 0.150. The molecule has 128 valence electrons. The van der Waals surface area contributed by atoms with Crippen molar-refractivity contribution >= 4 is 23.4 Å². The van der Waals surface area contributed by atoms with Crippen molar-refractivity contribution < 1.29 is 13.9 Å². The average molecular weight is 353 g/mol. The first-order valence-electron chi connectivity index (χ1n) is 8.05. The minimum Gasteiger partial charge on any atom is -0.492 e. The molecule has 0 fully saturated rings. The molecule has 0 saturated heterocycles. The Balaban J connectivity index is 1.70. The molecule has 5 heteroatoms. The molecule has 0 aliphatic heterocycles. The highest BCUT2D eigenvalue weighted by molar-refractivity contribution is 7.98. The minimum atomic E-state index is -0.277. The Hall–Kier alpha value is -2.66. The number of thioether (sulfide) groups is 1. The van der Waals surface area contributed by atoms with E-state index >= 15 is 0 Å². The van der Waals surface area contributed by atoms with Crippen LogP contribution in [0.15, 0.2) is 76.2 Å². The SMILES string of the molecule is CCOc1ccccc1NC(=O)c1occc1CSc1ccccc1. The monoisotopic (exact) mass is 353 g/mol. The number of anilines is 1. The zero-order valence-electron chi connectivity index (χ0n) is 13.9. The lowest BCUT2D eigenvalue weighted by Crippen LogP contribution is -2.13. The highest BCUT2D eigenvalue weighted by Crippen LogP contribution is 2.27. The van der Waals surface area contributed by atoms with Crippen molar-refractivity contribution in [1.29, 1.82) is 0 Å². The van der Waals surface area contributed by atoms with Gasteiger partial charge in [-0.3, -0.25) is 4.79 Å². The second-order valence-electron chi connectivity index (χ2n) is 5.26. The molecule has 0 aliphatic carbocycles. The van der Waals surface area contributed by atoms with E-state index in [1.165, 1.54) is 0 Å². The fourth-order valence-corrected chi connectivity index (χ4v) is 3.26. The molecule has 0 radical (unpaired) electrons. The van der Waals surface area contributed by atoms with Crippen LogP contribution in [0.25, 0.3) is 0 Å². The first kappa shape index (κ1) is 17.2. The number of rotatable bonds is 7. The number of hydrogen-bond acceptors (Lipinski definition) is 4. The predicted molar refractivity (Wildman–Crippen MR) is 100 cm³/mol. The van der Waals surface area contributed by atoms with E-state index in [2.05, 4.69) is 5.32 Å². The summed E-state index contributed by atoms with van der Waals surface area (Å²) in [4.78, 5) is 13.7. The van der Waals surface area contributed by atoms with E-state index in [4.69, 9.17) is 9.15 Å². The van der Waals surface area contributed by atoms with Crippen LogP contribution in [0.4, 0.5) is 5.69 Å². The molecule has 4 nitrogen and oxygen atoms in total. The summed E-state index contributed by atoms with van der Waals surface area (Å²) in [6, 6.07) is 19.3. The zero-order chi connectivity index (χ0) is 17.5. The van der Waals surface area contributed by atoms with E-state index in [1.807, 2.05) is 67.6 Å². The summed E-state index contributed by atoms with van der Waals surface area (Å²) in [6.07, 6.45) is 1.55. The summed E-state index contributed by atoms with van der Waals surface area (Å²) in [5, 5.41) is 2.87. The second kappa shape index (κ2) is 8.44. The van der Waals surface area contributed by atoms with Crippen molar-refractivity contribution in [3.8, 4) is 5.75 Å². The molecule has 1 amide bonds. The van der Waals surface area contributed by atoms with Gasteiger partial charge in [-0.05, 0) is 37.3 Å². The van der Waals surface area contributed by atoms with Gasteiger partial charge in [-0.25, -0.2) is 0 Å². The molecular formula is C20H19NO3S. The molecule has 3 aromatic rings. The molecule has 0 saturated carbocycles. The number of ether oxygens (including phenoxy) is 1. The van der Waals surface area contributed by atoms with E-state index < -0.39 is 0 Å². The van der Waals surface area contributed by atoms with Crippen LogP contribution < -0.4 is 10.1 Å². The summed E-state index contributed by atoms with van der Waals surface area (Å²) in [5.41, 5.74) is 1.49. The van der Waals surface area contributed by atoms with Gasteiger partial charge in [0, 0.05) is 16.2 Å². The topological polar surface area (TPSA) is 51.5 Å². The van der Waals surface area contributed by atoms with Gasteiger partial charge in [0.25, 0.3) is 5.91 Å². The molecular weight excluding hydrogens is 334 g/mol. The lowest BCUT2D eigenvalue weighted by Gasteiger charge is -2.11. The van der Waals surface area contributed by atoms with Gasteiger partial charge < -0.3 is 14.5 Å². The van der Waals surface area contributed by atoms with Gasteiger partial charge in [0.2, 0.25) is 0 Å². The molecule has 0 atom stereocenters. The Labute approximate surface area is 151 Å². The van der Waals surface area contributed by atoms with Crippen LogP contribution in [-0.2, 0) is 5.75 Å². The summed E-state index contributed by atoms with van der Waals surface area (Å²) >= 11 is 1.66. The molecule has 1 heterocycles. The van der Waals surface area contributed by atoms with Gasteiger partial charge in [-0.2, -0.15) is 0 Å². The Morgan fingerprint density at radius 3 is 2.64 bits per heavy atom. The molecule has 1 aromatic heterocycles. The molecule has 25 heavy (non-hydrogen) atoms. The van der Waals surface area contributed by atoms with Crippen LogP contribution >= 0.6 is 11.8 Å². The number of para-hydroxylation sites is 2. The highest BCUT2D eigenvalue weighted by atomic mass is 32.2. The second-order valence-corrected chi connectivity index (χ2v) is 6.31. The Morgan fingerprint density at radius 2 is 1.84 bits per heavy atom. The van der Waals surface area contributed by atoms with Gasteiger partial charge >= 0.3 is 0 Å². The Bertz CT molecular complexity index is 830. The van der Waals surface area contributed by atoms with Crippen LogP contribution in [0.1, 0.15) is 23.0 Å². The van der Waals surface area contributed by atoms with E-state index in [-0.39, 0.29) is 5.91 Å².